The minimum absolute atomic E-state index is 0.361. The van der Waals surface area contributed by atoms with Gasteiger partial charge in [-0.15, -0.1) is 11.3 Å². The average molecular weight is 418 g/mol. The second kappa shape index (κ2) is 6.91. The van der Waals surface area contributed by atoms with E-state index in [2.05, 4.69) is 70.3 Å². The minimum Gasteiger partial charge on any atom is -0.231 e. The molecule has 1 saturated carbocycles. The van der Waals surface area contributed by atoms with E-state index in [4.69, 9.17) is 10.1 Å². The van der Waals surface area contributed by atoms with E-state index in [1.54, 1.807) is 0 Å². The fourth-order valence-corrected chi connectivity index (χ4v) is 6.38. The molecule has 0 saturated heterocycles. The lowest BCUT2D eigenvalue weighted by Gasteiger charge is -2.15. The lowest BCUT2D eigenvalue weighted by atomic mass is 9.94. The third kappa shape index (κ3) is 2.84. The Kier molecular flexibility index (Phi) is 4.55. The Labute approximate surface area is 183 Å². The summed E-state index contributed by atoms with van der Waals surface area (Å²) in [6.45, 7) is 13.5. The molecule has 0 atom stereocenters. The second-order valence-electron chi connectivity index (χ2n) is 9.31. The molecule has 0 radical (unpaired) electrons. The molecule has 0 bridgehead atoms. The number of imidazole rings is 1. The number of aromatic nitrogens is 3. The normalized spacial score (nSPS) is 15.6. The van der Waals surface area contributed by atoms with Gasteiger partial charge in [0.2, 0.25) is 0 Å². The first-order valence-electron chi connectivity index (χ1n) is 11.3. The molecule has 30 heavy (non-hydrogen) atoms. The van der Waals surface area contributed by atoms with E-state index in [0.29, 0.717) is 11.3 Å². The van der Waals surface area contributed by atoms with Crippen LogP contribution < -0.4 is 0 Å². The number of nitrogens with zero attached hydrogens (tertiary/aromatic N) is 3. The first-order chi connectivity index (χ1) is 14.4. The summed E-state index contributed by atoms with van der Waals surface area (Å²) >= 11 is 1.94. The third-order valence-electron chi connectivity index (χ3n) is 7.11. The fourth-order valence-electron chi connectivity index (χ4n) is 5.06. The summed E-state index contributed by atoms with van der Waals surface area (Å²) in [5.74, 6) is 0.519. The van der Waals surface area contributed by atoms with Crippen molar-refractivity contribution in [3.05, 3.63) is 51.7 Å². The van der Waals surface area contributed by atoms with Gasteiger partial charge in [0.25, 0.3) is 0 Å². The summed E-state index contributed by atoms with van der Waals surface area (Å²) in [5.41, 5.74) is 8.88. The molecule has 0 N–H and O–H groups in total. The fraction of sp³-hybridized carbons (Fsp3) is 0.462. The molecule has 1 aliphatic rings. The average Bonchev–Trinajstić information content (AvgIpc) is 3.26. The summed E-state index contributed by atoms with van der Waals surface area (Å²) in [5, 5.41) is 6.32. The van der Waals surface area contributed by atoms with Gasteiger partial charge in [0, 0.05) is 26.1 Å². The molecule has 4 aromatic rings. The van der Waals surface area contributed by atoms with Gasteiger partial charge in [-0.3, -0.25) is 0 Å². The number of thiophene rings is 1. The molecule has 0 amide bonds. The van der Waals surface area contributed by atoms with Gasteiger partial charge in [0.1, 0.15) is 0 Å². The van der Waals surface area contributed by atoms with E-state index in [9.17, 15) is 0 Å². The molecule has 156 valence electrons. The predicted octanol–water partition coefficient (Wildman–Crippen LogP) is 7.49. The largest absolute Gasteiger partial charge is 0.231 e. The van der Waals surface area contributed by atoms with E-state index < -0.39 is 0 Å². The lowest BCUT2D eigenvalue weighted by Crippen LogP contribution is -2.05. The van der Waals surface area contributed by atoms with Crippen LogP contribution in [0.25, 0.3) is 27.0 Å². The Morgan fingerprint density at radius 2 is 1.87 bits per heavy atom. The van der Waals surface area contributed by atoms with E-state index in [-0.39, 0.29) is 0 Å². The van der Waals surface area contributed by atoms with Gasteiger partial charge < -0.3 is 0 Å². The first kappa shape index (κ1) is 19.7. The summed E-state index contributed by atoms with van der Waals surface area (Å²) in [4.78, 5) is 6.42. The SMILES string of the molecule is CCC(CC)c1cc(C)nn2c(-c3c(C)sc4c(C5(C)CC5)cccc34)c(C)nc12. The van der Waals surface area contributed by atoms with Crippen LogP contribution in [0.4, 0.5) is 0 Å². The van der Waals surface area contributed by atoms with Crippen molar-refractivity contribution in [2.75, 3.05) is 0 Å². The van der Waals surface area contributed by atoms with Crippen molar-refractivity contribution < 1.29 is 0 Å². The standard InChI is InChI=1S/C26H31N3S/c1-7-18(8-2)20-14-15(3)28-29-23(16(4)27-25(20)29)22-17(5)30-24-19(22)10-9-11-21(24)26(6)12-13-26/h9-11,14,18H,7-8,12-13H2,1-6H3. The van der Waals surface area contributed by atoms with Crippen molar-refractivity contribution >= 4 is 27.1 Å². The molecule has 1 aromatic carbocycles. The molecule has 0 spiro atoms. The van der Waals surface area contributed by atoms with Gasteiger partial charge in [-0.1, -0.05) is 39.0 Å². The van der Waals surface area contributed by atoms with Crippen molar-refractivity contribution in [3.63, 3.8) is 0 Å². The van der Waals surface area contributed by atoms with Crippen LogP contribution in [0.15, 0.2) is 24.3 Å². The molecule has 3 nitrogen and oxygen atoms in total. The number of hydrogen-bond acceptors (Lipinski definition) is 3. The van der Waals surface area contributed by atoms with Crippen molar-refractivity contribution in [1.29, 1.82) is 0 Å². The van der Waals surface area contributed by atoms with Crippen molar-refractivity contribution in [3.8, 4) is 11.3 Å². The molecule has 1 aliphatic carbocycles. The Morgan fingerprint density at radius 3 is 2.53 bits per heavy atom. The Morgan fingerprint density at radius 1 is 1.13 bits per heavy atom. The van der Waals surface area contributed by atoms with Crippen LogP contribution in [-0.4, -0.2) is 14.6 Å². The summed E-state index contributed by atoms with van der Waals surface area (Å²) in [6.07, 6.45) is 4.84. The number of aryl methyl sites for hydroxylation is 3. The van der Waals surface area contributed by atoms with Gasteiger partial charge in [-0.05, 0) is 69.4 Å². The van der Waals surface area contributed by atoms with Crippen LogP contribution in [0.2, 0.25) is 0 Å². The molecule has 4 heteroatoms. The van der Waals surface area contributed by atoms with Crippen LogP contribution in [0.5, 0.6) is 0 Å². The Bertz CT molecular complexity index is 1270. The monoisotopic (exact) mass is 417 g/mol. The summed E-state index contributed by atoms with van der Waals surface area (Å²) < 4.78 is 3.59. The first-order valence-corrected chi connectivity index (χ1v) is 12.1. The number of hydrogen-bond donors (Lipinski definition) is 0. The van der Waals surface area contributed by atoms with Crippen molar-refractivity contribution in [2.24, 2.45) is 0 Å². The quantitative estimate of drug-likeness (QED) is 0.337. The number of benzene rings is 1. The molecular formula is C26H31N3S. The van der Waals surface area contributed by atoms with Crippen LogP contribution in [0, 0.1) is 20.8 Å². The molecular weight excluding hydrogens is 386 g/mol. The molecule has 5 rings (SSSR count). The summed E-state index contributed by atoms with van der Waals surface area (Å²) in [7, 11) is 0. The molecule has 0 unspecified atom stereocenters. The van der Waals surface area contributed by atoms with E-state index in [1.165, 1.54) is 50.2 Å². The van der Waals surface area contributed by atoms with Crippen molar-refractivity contribution in [2.45, 2.75) is 78.6 Å². The maximum atomic E-state index is 5.06. The smallest absolute Gasteiger partial charge is 0.157 e. The topological polar surface area (TPSA) is 30.2 Å². The van der Waals surface area contributed by atoms with E-state index in [1.807, 2.05) is 11.3 Å². The lowest BCUT2D eigenvalue weighted by molar-refractivity contribution is 0.638. The number of fused-ring (bicyclic) bond motifs is 2. The minimum atomic E-state index is 0.361. The van der Waals surface area contributed by atoms with Crippen LogP contribution in [0.1, 0.15) is 79.8 Å². The molecule has 3 aromatic heterocycles. The highest BCUT2D eigenvalue weighted by atomic mass is 32.1. The maximum absolute atomic E-state index is 5.06. The van der Waals surface area contributed by atoms with Crippen LogP contribution in [-0.2, 0) is 5.41 Å². The predicted molar refractivity (Wildman–Crippen MR) is 128 cm³/mol. The zero-order valence-electron chi connectivity index (χ0n) is 19.0. The Balaban J connectivity index is 1.82. The maximum Gasteiger partial charge on any atom is 0.157 e. The Hall–Kier alpha value is -2.20. The van der Waals surface area contributed by atoms with E-state index >= 15 is 0 Å². The zero-order chi connectivity index (χ0) is 21.2. The highest BCUT2D eigenvalue weighted by molar-refractivity contribution is 7.19. The molecule has 1 fully saturated rings. The van der Waals surface area contributed by atoms with Gasteiger partial charge in [-0.25, -0.2) is 9.50 Å². The second-order valence-corrected chi connectivity index (χ2v) is 10.5. The molecule has 0 aliphatic heterocycles. The summed E-state index contributed by atoms with van der Waals surface area (Å²) in [6, 6.07) is 9.11. The van der Waals surface area contributed by atoms with Crippen LogP contribution >= 0.6 is 11.3 Å². The van der Waals surface area contributed by atoms with Crippen LogP contribution in [0.3, 0.4) is 0 Å². The third-order valence-corrected chi connectivity index (χ3v) is 8.27. The van der Waals surface area contributed by atoms with E-state index in [0.717, 1.165) is 29.9 Å². The van der Waals surface area contributed by atoms with Gasteiger partial charge in [0.15, 0.2) is 5.65 Å². The van der Waals surface area contributed by atoms with Gasteiger partial charge in [-0.2, -0.15) is 5.10 Å². The van der Waals surface area contributed by atoms with Gasteiger partial charge >= 0.3 is 0 Å². The van der Waals surface area contributed by atoms with Gasteiger partial charge in [0.05, 0.1) is 17.1 Å². The highest BCUT2D eigenvalue weighted by Gasteiger charge is 2.40. The molecule has 3 heterocycles. The number of rotatable bonds is 5. The highest BCUT2D eigenvalue weighted by Crippen LogP contribution is 2.52. The van der Waals surface area contributed by atoms with Crippen molar-refractivity contribution in [1.82, 2.24) is 14.6 Å². The zero-order valence-corrected chi connectivity index (χ0v) is 19.8.